The number of methoxy groups -OCH3 is 1. The number of aliphatic hydroxyl groups excluding tert-OH is 1. The highest BCUT2D eigenvalue weighted by Crippen LogP contribution is 2.16. The molecule has 17 nitrogen and oxygen atoms in total. The van der Waals surface area contributed by atoms with Gasteiger partial charge in [-0.2, -0.15) is 0 Å². The molecule has 0 aliphatic rings. The summed E-state index contributed by atoms with van der Waals surface area (Å²) in [5.41, 5.74) is 1.48. The van der Waals surface area contributed by atoms with E-state index in [-0.39, 0.29) is 49.2 Å². The van der Waals surface area contributed by atoms with Gasteiger partial charge in [0.25, 0.3) is 0 Å². The second-order valence-electron chi connectivity index (χ2n) is 17.8. The number of nitrogens with one attached hydrogen (secondary N) is 7. The van der Waals surface area contributed by atoms with Crippen LogP contribution in [0.2, 0.25) is 0 Å². The number of aromatic amines is 1. The van der Waals surface area contributed by atoms with E-state index < -0.39 is 53.6 Å². The number of halogens is 1. The number of benzene rings is 2. The topological polar surface area (TPSA) is 242 Å². The number of aliphatic hydroxyl groups is 1. The van der Waals surface area contributed by atoms with Gasteiger partial charge in [0.1, 0.15) is 29.3 Å². The van der Waals surface area contributed by atoms with E-state index in [1.807, 2.05) is 13.8 Å². The summed E-state index contributed by atoms with van der Waals surface area (Å²) < 4.78 is 23.6. The van der Waals surface area contributed by atoms with Gasteiger partial charge in [-0.3, -0.25) is 24.0 Å². The van der Waals surface area contributed by atoms with E-state index in [0.717, 1.165) is 11.1 Å². The molecule has 3 rings (SSSR count). The lowest BCUT2D eigenvalue weighted by atomic mass is 9.96. The standard InChI is InChI=1S/C48H71FN8O9/c1-32(2)25-38(41(58)28-44(61)51-23-11-7-9-13-42(59)53-29-34-15-19-35(49)20-16-34)56-46(63)40(27-36-30-50-31-54-36)57-45(62)39(26-33-17-21-37(65-6)22-18-33)55-43(60)14-10-8-12-24-52-47(64)66-48(3,4)5/h15-22,30-32,38-41,58H,7-14,23-29H2,1-6H3,(H,50,54)(H,51,61)(H,52,64)(H,53,59)(H,55,60)(H,56,63)(H,57,62)/t38-,39-,40-,41-/m0/s1. The van der Waals surface area contributed by atoms with Gasteiger partial charge in [0, 0.05) is 57.2 Å². The zero-order chi connectivity index (χ0) is 48.5. The van der Waals surface area contributed by atoms with Gasteiger partial charge in [-0.15, -0.1) is 0 Å². The van der Waals surface area contributed by atoms with Crippen molar-refractivity contribution in [1.29, 1.82) is 0 Å². The smallest absolute Gasteiger partial charge is 0.407 e. The SMILES string of the molecule is COc1ccc(C[C@H](NC(=O)CCCCCNC(=O)OC(C)(C)C)C(=O)N[C@@H](Cc2cnc[nH]2)C(=O)N[C@@H](CC(C)C)[C@@H](O)CC(=O)NCCCCCC(=O)NCc2ccc(F)cc2)cc1. The number of rotatable bonds is 29. The normalized spacial score (nSPS) is 13.1. The average Bonchev–Trinajstić information content (AvgIpc) is 3.78. The summed E-state index contributed by atoms with van der Waals surface area (Å²) >= 11 is 0. The Balaban J connectivity index is 1.58. The highest BCUT2D eigenvalue weighted by Gasteiger charge is 2.31. The van der Waals surface area contributed by atoms with Crippen LogP contribution in [0.25, 0.3) is 0 Å². The van der Waals surface area contributed by atoms with Crippen LogP contribution in [0, 0.1) is 11.7 Å². The summed E-state index contributed by atoms with van der Waals surface area (Å²) in [7, 11) is 1.54. The fraction of sp³-hybridized carbons (Fsp3) is 0.562. The van der Waals surface area contributed by atoms with E-state index in [2.05, 4.69) is 41.9 Å². The molecule has 3 aromatic rings. The maximum atomic E-state index is 14.1. The van der Waals surface area contributed by atoms with Crippen molar-refractivity contribution in [2.24, 2.45) is 5.92 Å². The minimum absolute atomic E-state index is 0.0129. The molecule has 66 heavy (non-hydrogen) atoms. The molecule has 18 heteroatoms. The number of ether oxygens (including phenoxy) is 2. The minimum atomic E-state index is -1.25. The first-order valence-electron chi connectivity index (χ1n) is 22.8. The van der Waals surface area contributed by atoms with E-state index in [4.69, 9.17) is 9.47 Å². The number of alkyl carbamates (subject to hydrolysis) is 1. The second kappa shape index (κ2) is 28.8. The van der Waals surface area contributed by atoms with Crippen LogP contribution in [0.15, 0.2) is 61.1 Å². The molecule has 0 radical (unpaired) electrons. The number of amides is 6. The first-order valence-corrected chi connectivity index (χ1v) is 22.8. The third kappa shape index (κ3) is 22.7. The molecule has 0 bridgehead atoms. The van der Waals surface area contributed by atoms with E-state index >= 15 is 0 Å². The predicted molar refractivity (Wildman–Crippen MR) is 247 cm³/mol. The Bertz CT molecular complexity index is 1940. The number of carbonyl (C=O) groups is 6. The highest BCUT2D eigenvalue weighted by atomic mass is 19.1. The fourth-order valence-electron chi connectivity index (χ4n) is 6.88. The summed E-state index contributed by atoms with van der Waals surface area (Å²) in [6.07, 6.45) is 5.50. The van der Waals surface area contributed by atoms with Gasteiger partial charge in [-0.25, -0.2) is 14.2 Å². The van der Waals surface area contributed by atoms with Crippen molar-refractivity contribution in [3.05, 3.63) is 83.7 Å². The van der Waals surface area contributed by atoms with Gasteiger partial charge < -0.3 is 51.5 Å². The first-order chi connectivity index (χ1) is 31.4. The molecule has 0 unspecified atom stereocenters. The van der Waals surface area contributed by atoms with Crippen molar-refractivity contribution in [2.75, 3.05) is 20.2 Å². The molecular weight excluding hydrogens is 852 g/mol. The van der Waals surface area contributed by atoms with Gasteiger partial charge in [0.2, 0.25) is 29.5 Å². The van der Waals surface area contributed by atoms with Crippen molar-refractivity contribution in [3.8, 4) is 5.75 Å². The molecule has 0 fully saturated rings. The van der Waals surface area contributed by atoms with Crippen LogP contribution >= 0.6 is 0 Å². The number of imidazole rings is 1. The number of carbonyl (C=O) groups excluding carboxylic acids is 6. The summed E-state index contributed by atoms with van der Waals surface area (Å²) in [5, 5.41) is 28.2. The molecule has 0 spiro atoms. The molecular formula is C48H71FN8O9. The Morgan fingerprint density at radius 3 is 1.94 bits per heavy atom. The van der Waals surface area contributed by atoms with Crippen molar-refractivity contribution < 1.29 is 47.7 Å². The number of H-pyrrole nitrogens is 1. The maximum absolute atomic E-state index is 14.1. The molecule has 4 atom stereocenters. The maximum Gasteiger partial charge on any atom is 0.407 e. The lowest BCUT2D eigenvalue weighted by molar-refractivity contribution is -0.133. The molecule has 0 aliphatic heterocycles. The van der Waals surface area contributed by atoms with Crippen LogP contribution in [0.5, 0.6) is 5.75 Å². The zero-order valence-corrected chi connectivity index (χ0v) is 39.3. The van der Waals surface area contributed by atoms with Gasteiger partial charge >= 0.3 is 6.09 Å². The first kappa shape index (κ1) is 54.3. The van der Waals surface area contributed by atoms with Crippen molar-refractivity contribution in [2.45, 2.75) is 148 Å². The zero-order valence-electron chi connectivity index (χ0n) is 39.3. The molecule has 0 saturated heterocycles. The van der Waals surface area contributed by atoms with Crippen LogP contribution in [-0.4, -0.2) is 101 Å². The molecule has 6 amide bonds. The van der Waals surface area contributed by atoms with E-state index in [1.165, 1.54) is 24.7 Å². The number of hydrogen-bond acceptors (Lipinski definition) is 10. The van der Waals surface area contributed by atoms with Gasteiger partial charge in [-0.05, 0) is 94.2 Å². The molecule has 0 saturated carbocycles. The van der Waals surface area contributed by atoms with Crippen molar-refractivity contribution >= 4 is 35.6 Å². The van der Waals surface area contributed by atoms with Crippen molar-refractivity contribution in [1.82, 2.24) is 41.9 Å². The minimum Gasteiger partial charge on any atom is -0.497 e. The van der Waals surface area contributed by atoms with E-state index in [0.29, 0.717) is 82.4 Å². The van der Waals surface area contributed by atoms with Crippen LogP contribution in [-0.2, 0) is 48.1 Å². The molecule has 1 heterocycles. The Labute approximate surface area is 387 Å². The van der Waals surface area contributed by atoms with E-state index in [1.54, 1.807) is 64.3 Å². The Morgan fingerprint density at radius 1 is 0.727 bits per heavy atom. The summed E-state index contributed by atoms with van der Waals surface area (Å²) in [6.45, 7) is 10.2. The average molecular weight is 923 g/mol. The Kier molecular flexibility index (Phi) is 23.7. The molecule has 2 aromatic carbocycles. The monoisotopic (exact) mass is 923 g/mol. The van der Waals surface area contributed by atoms with E-state index in [9.17, 15) is 38.3 Å². The van der Waals surface area contributed by atoms with Crippen LogP contribution in [0.4, 0.5) is 9.18 Å². The lowest BCUT2D eigenvalue weighted by Crippen LogP contribution is -2.57. The number of hydrogen-bond donors (Lipinski definition) is 8. The number of unbranched alkanes of at least 4 members (excludes halogenated alkanes) is 4. The Hall–Kier alpha value is -6.04. The Morgan fingerprint density at radius 2 is 1.33 bits per heavy atom. The number of nitrogens with zero attached hydrogens (tertiary/aromatic N) is 1. The quantitative estimate of drug-likeness (QED) is 0.0448. The van der Waals surface area contributed by atoms with Gasteiger partial charge in [0.15, 0.2) is 0 Å². The third-order valence-electron chi connectivity index (χ3n) is 10.3. The lowest BCUT2D eigenvalue weighted by Gasteiger charge is -2.29. The highest BCUT2D eigenvalue weighted by molar-refractivity contribution is 5.92. The number of aromatic nitrogens is 2. The molecule has 8 N–H and O–H groups in total. The predicted octanol–water partition coefficient (Wildman–Crippen LogP) is 4.67. The molecule has 364 valence electrons. The summed E-state index contributed by atoms with van der Waals surface area (Å²) in [4.78, 5) is 85.6. The van der Waals surface area contributed by atoms with Gasteiger partial charge in [-0.1, -0.05) is 51.0 Å². The van der Waals surface area contributed by atoms with Crippen LogP contribution in [0.3, 0.4) is 0 Å². The second-order valence-corrected chi connectivity index (χ2v) is 17.8. The third-order valence-corrected chi connectivity index (χ3v) is 10.3. The molecule has 1 aromatic heterocycles. The largest absolute Gasteiger partial charge is 0.497 e. The summed E-state index contributed by atoms with van der Waals surface area (Å²) in [6, 6.07) is 9.91. The van der Waals surface area contributed by atoms with Crippen LogP contribution in [0.1, 0.15) is 116 Å². The van der Waals surface area contributed by atoms with Crippen LogP contribution < -0.4 is 36.6 Å². The molecule has 0 aliphatic carbocycles. The fourth-order valence-corrected chi connectivity index (χ4v) is 6.88. The van der Waals surface area contributed by atoms with Gasteiger partial charge in [0.05, 0.1) is 32.0 Å². The van der Waals surface area contributed by atoms with Crippen molar-refractivity contribution in [3.63, 3.8) is 0 Å². The summed E-state index contributed by atoms with van der Waals surface area (Å²) in [5.74, 6) is -1.79.